The second-order valence-corrected chi connectivity index (χ2v) is 9.42. The molecule has 184 valence electrons. The van der Waals surface area contributed by atoms with Crippen LogP contribution in [-0.4, -0.2) is 71.9 Å². The van der Waals surface area contributed by atoms with Crippen molar-refractivity contribution in [1.82, 2.24) is 14.9 Å². The standard InChI is InChI=1S/C26H31N5O4/c1-17-10-24(33)29-23-3-2-20(12-21(17)23)28-26(34)22-11-19(14-30-6-8-35-9-7-30)13-27-25(22)31-5-4-18(15-31)16-32/h2-3,10-13,18,32H,4-9,14-16H2,1H3,(H,28,34)(H,29,33). The van der Waals surface area contributed by atoms with Crippen molar-refractivity contribution >= 4 is 28.3 Å². The fraction of sp³-hybridized carbons (Fsp3) is 0.423. The number of aliphatic hydroxyl groups is 1. The molecule has 1 unspecified atom stereocenters. The lowest BCUT2D eigenvalue weighted by molar-refractivity contribution is 0.0341. The average molecular weight is 478 g/mol. The minimum Gasteiger partial charge on any atom is -0.396 e. The fourth-order valence-electron chi connectivity index (χ4n) is 4.90. The highest BCUT2D eigenvalue weighted by Gasteiger charge is 2.27. The van der Waals surface area contributed by atoms with Crippen molar-refractivity contribution in [3.05, 3.63) is 63.6 Å². The number of fused-ring (bicyclic) bond motifs is 1. The zero-order valence-electron chi connectivity index (χ0n) is 19.9. The third kappa shape index (κ3) is 5.22. The Bertz CT molecular complexity index is 1280. The van der Waals surface area contributed by atoms with E-state index in [4.69, 9.17) is 9.72 Å². The number of rotatable bonds is 6. The van der Waals surface area contributed by atoms with Gasteiger partial charge in [0.25, 0.3) is 5.91 Å². The van der Waals surface area contributed by atoms with E-state index in [9.17, 15) is 14.7 Å². The third-order valence-corrected chi connectivity index (χ3v) is 6.83. The second-order valence-electron chi connectivity index (χ2n) is 9.42. The van der Waals surface area contributed by atoms with E-state index in [0.29, 0.717) is 43.4 Å². The molecule has 1 atom stereocenters. The number of nitrogens with zero attached hydrogens (tertiary/aromatic N) is 3. The molecule has 0 aliphatic carbocycles. The Labute approximate surface area is 203 Å². The number of pyridine rings is 2. The van der Waals surface area contributed by atoms with Gasteiger partial charge in [0.05, 0.1) is 18.8 Å². The van der Waals surface area contributed by atoms with Crippen molar-refractivity contribution in [3.8, 4) is 0 Å². The number of morpholine rings is 1. The van der Waals surface area contributed by atoms with E-state index in [1.807, 2.05) is 25.3 Å². The van der Waals surface area contributed by atoms with Crippen molar-refractivity contribution in [2.24, 2.45) is 5.92 Å². The van der Waals surface area contributed by atoms with Crippen LogP contribution < -0.4 is 15.8 Å². The van der Waals surface area contributed by atoms with Gasteiger partial charge in [-0.3, -0.25) is 14.5 Å². The lowest BCUT2D eigenvalue weighted by atomic mass is 10.1. The maximum atomic E-state index is 13.5. The first-order valence-electron chi connectivity index (χ1n) is 12.1. The van der Waals surface area contributed by atoms with E-state index in [0.717, 1.165) is 48.1 Å². The number of H-pyrrole nitrogens is 1. The van der Waals surface area contributed by atoms with Gasteiger partial charge < -0.3 is 25.0 Å². The third-order valence-electron chi connectivity index (χ3n) is 6.83. The van der Waals surface area contributed by atoms with Crippen LogP contribution in [0.25, 0.3) is 10.9 Å². The van der Waals surface area contributed by atoms with Gasteiger partial charge in [0.2, 0.25) is 5.56 Å². The van der Waals surface area contributed by atoms with Crippen LogP contribution in [0.5, 0.6) is 0 Å². The SMILES string of the molecule is Cc1cc(=O)[nH]c2ccc(NC(=O)c3cc(CN4CCOCC4)cnc3N3CCC(CO)C3)cc12. The van der Waals surface area contributed by atoms with Crippen LogP contribution >= 0.6 is 0 Å². The molecule has 9 nitrogen and oxygen atoms in total. The molecule has 2 fully saturated rings. The summed E-state index contributed by atoms with van der Waals surface area (Å²) in [5.74, 6) is 0.599. The van der Waals surface area contributed by atoms with E-state index in [1.54, 1.807) is 18.2 Å². The summed E-state index contributed by atoms with van der Waals surface area (Å²) < 4.78 is 5.45. The van der Waals surface area contributed by atoms with E-state index >= 15 is 0 Å². The Balaban J connectivity index is 1.44. The number of anilines is 2. The second kappa shape index (κ2) is 10.2. The topological polar surface area (TPSA) is 111 Å². The van der Waals surface area contributed by atoms with E-state index < -0.39 is 0 Å². The van der Waals surface area contributed by atoms with Crippen LogP contribution in [0.1, 0.15) is 27.9 Å². The number of aromatic amines is 1. The van der Waals surface area contributed by atoms with E-state index in [2.05, 4.69) is 20.1 Å². The van der Waals surface area contributed by atoms with Gasteiger partial charge in [-0.25, -0.2) is 4.98 Å². The molecule has 4 heterocycles. The zero-order chi connectivity index (χ0) is 24.4. The molecule has 35 heavy (non-hydrogen) atoms. The molecule has 2 saturated heterocycles. The number of carbonyl (C=O) groups is 1. The zero-order valence-corrected chi connectivity index (χ0v) is 19.9. The fourth-order valence-corrected chi connectivity index (χ4v) is 4.90. The van der Waals surface area contributed by atoms with Gasteiger partial charge in [-0.05, 0) is 48.7 Å². The highest BCUT2D eigenvalue weighted by molar-refractivity contribution is 6.08. The lowest BCUT2D eigenvalue weighted by Crippen LogP contribution is -2.35. The average Bonchev–Trinajstić information content (AvgIpc) is 3.34. The largest absolute Gasteiger partial charge is 0.396 e. The summed E-state index contributed by atoms with van der Waals surface area (Å²) in [5, 5.41) is 13.5. The number of aliphatic hydroxyl groups excluding tert-OH is 1. The maximum absolute atomic E-state index is 13.5. The summed E-state index contributed by atoms with van der Waals surface area (Å²) in [6, 6.07) is 8.96. The number of carbonyl (C=O) groups excluding carboxylic acids is 1. The molecule has 2 aliphatic heterocycles. The summed E-state index contributed by atoms with van der Waals surface area (Å²) in [6.45, 7) is 7.27. The molecule has 9 heteroatoms. The highest BCUT2D eigenvalue weighted by atomic mass is 16.5. The molecular weight excluding hydrogens is 446 g/mol. The number of amides is 1. The summed E-state index contributed by atoms with van der Waals surface area (Å²) in [7, 11) is 0. The quantitative estimate of drug-likeness (QED) is 0.499. The minimum absolute atomic E-state index is 0.131. The van der Waals surface area contributed by atoms with Gasteiger partial charge in [-0.2, -0.15) is 0 Å². The molecule has 3 aromatic rings. The number of nitrogens with one attached hydrogen (secondary N) is 2. The molecule has 0 bridgehead atoms. The van der Waals surface area contributed by atoms with Crippen LogP contribution in [-0.2, 0) is 11.3 Å². The Morgan fingerprint density at radius 3 is 2.83 bits per heavy atom. The van der Waals surface area contributed by atoms with Crippen LogP contribution in [0.3, 0.4) is 0 Å². The van der Waals surface area contributed by atoms with Crippen molar-refractivity contribution in [1.29, 1.82) is 0 Å². The predicted octanol–water partition coefficient (Wildman–Crippen LogP) is 2.13. The van der Waals surface area contributed by atoms with Gasteiger partial charge >= 0.3 is 0 Å². The number of benzene rings is 1. The van der Waals surface area contributed by atoms with E-state index in [-0.39, 0.29) is 24.0 Å². The van der Waals surface area contributed by atoms with Crippen molar-refractivity contribution in [3.63, 3.8) is 0 Å². The molecule has 0 saturated carbocycles. The first-order chi connectivity index (χ1) is 17.0. The molecule has 3 N–H and O–H groups in total. The maximum Gasteiger partial charge on any atom is 0.259 e. The molecule has 0 radical (unpaired) electrons. The lowest BCUT2D eigenvalue weighted by Gasteiger charge is -2.27. The molecular formula is C26H31N5O4. The smallest absolute Gasteiger partial charge is 0.259 e. The number of aryl methyl sites for hydroxylation is 1. The number of aromatic nitrogens is 2. The Kier molecular flexibility index (Phi) is 6.81. The molecule has 0 spiro atoms. The predicted molar refractivity (Wildman–Crippen MR) is 135 cm³/mol. The first kappa shape index (κ1) is 23.5. The Hall–Kier alpha value is -3.27. The van der Waals surface area contributed by atoms with Gasteiger partial charge in [0, 0.05) is 74.1 Å². The van der Waals surface area contributed by atoms with Crippen LogP contribution in [0, 0.1) is 12.8 Å². The van der Waals surface area contributed by atoms with Gasteiger partial charge in [-0.1, -0.05) is 0 Å². The Morgan fingerprint density at radius 2 is 2.06 bits per heavy atom. The molecule has 5 rings (SSSR count). The number of ether oxygens (including phenoxy) is 1. The minimum atomic E-state index is -0.231. The molecule has 2 aliphatic rings. The van der Waals surface area contributed by atoms with Gasteiger partial charge in [0.1, 0.15) is 5.82 Å². The van der Waals surface area contributed by atoms with E-state index in [1.165, 1.54) is 0 Å². The summed E-state index contributed by atoms with van der Waals surface area (Å²) in [4.78, 5) is 37.2. The molecule has 2 aromatic heterocycles. The van der Waals surface area contributed by atoms with Crippen LogP contribution in [0.4, 0.5) is 11.5 Å². The summed E-state index contributed by atoms with van der Waals surface area (Å²) >= 11 is 0. The number of hydrogen-bond donors (Lipinski definition) is 3. The highest BCUT2D eigenvalue weighted by Crippen LogP contribution is 2.28. The first-order valence-corrected chi connectivity index (χ1v) is 12.1. The van der Waals surface area contributed by atoms with Gasteiger partial charge in [0.15, 0.2) is 0 Å². The number of hydrogen-bond acceptors (Lipinski definition) is 7. The normalized spacial score (nSPS) is 18.8. The molecule has 1 amide bonds. The summed E-state index contributed by atoms with van der Waals surface area (Å²) in [5.41, 5.74) is 3.58. The van der Waals surface area contributed by atoms with Crippen molar-refractivity contribution in [2.75, 3.05) is 56.2 Å². The monoisotopic (exact) mass is 477 g/mol. The van der Waals surface area contributed by atoms with Crippen LogP contribution in [0.15, 0.2) is 41.3 Å². The Morgan fingerprint density at radius 1 is 1.23 bits per heavy atom. The van der Waals surface area contributed by atoms with Crippen molar-refractivity contribution in [2.45, 2.75) is 19.9 Å². The van der Waals surface area contributed by atoms with Crippen molar-refractivity contribution < 1.29 is 14.6 Å². The summed E-state index contributed by atoms with van der Waals surface area (Å²) in [6.07, 6.45) is 2.72. The van der Waals surface area contributed by atoms with Crippen LogP contribution in [0.2, 0.25) is 0 Å². The molecule has 1 aromatic carbocycles. The van der Waals surface area contributed by atoms with Gasteiger partial charge in [-0.15, -0.1) is 0 Å².